The van der Waals surface area contributed by atoms with Crippen LogP contribution in [0.4, 0.5) is 5.69 Å². The summed E-state index contributed by atoms with van der Waals surface area (Å²) in [6.07, 6.45) is 0.443. The molecule has 1 aromatic rings. The molecule has 0 bridgehead atoms. The lowest BCUT2D eigenvalue weighted by Crippen LogP contribution is -2.33. The number of para-hydroxylation sites is 1. The van der Waals surface area contributed by atoms with Crippen LogP contribution < -0.4 is 10.6 Å². The predicted octanol–water partition coefficient (Wildman–Crippen LogP) is 1.79. The standard InChI is InChI=1S/C13H18N2O2/c1-10(2)8-12(16)14-9-13(17)15-11-6-4-3-5-7-11/h3-7,10H,8-9H2,1-2H3,(H,14,16)(H,15,17). The zero-order chi connectivity index (χ0) is 12.7. The molecule has 0 atom stereocenters. The van der Waals surface area contributed by atoms with E-state index in [9.17, 15) is 9.59 Å². The molecule has 2 amide bonds. The van der Waals surface area contributed by atoms with Crippen LogP contribution in [-0.2, 0) is 9.59 Å². The maximum Gasteiger partial charge on any atom is 0.243 e. The number of benzene rings is 1. The predicted molar refractivity (Wildman–Crippen MR) is 67.5 cm³/mol. The van der Waals surface area contributed by atoms with Crippen molar-refractivity contribution in [2.45, 2.75) is 20.3 Å². The number of nitrogens with one attached hydrogen (secondary N) is 2. The van der Waals surface area contributed by atoms with Crippen LogP contribution in [0, 0.1) is 5.92 Å². The normalized spacial score (nSPS) is 10.1. The second kappa shape index (κ2) is 6.68. The molecule has 92 valence electrons. The Morgan fingerprint density at radius 3 is 2.35 bits per heavy atom. The van der Waals surface area contributed by atoms with E-state index in [-0.39, 0.29) is 18.4 Å². The van der Waals surface area contributed by atoms with E-state index in [4.69, 9.17) is 0 Å². The van der Waals surface area contributed by atoms with Crippen molar-refractivity contribution >= 4 is 17.5 Å². The molecule has 0 saturated heterocycles. The highest BCUT2D eigenvalue weighted by molar-refractivity contribution is 5.94. The summed E-state index contributed by atoms with van der Waals surface area (Å²) >= 11 is 0. The molecule has 17 heavy (non-hydrogen) atoms. The van der Waals surface area contributed by atoms with Crippen LogP contribution in [0.2, 0.25) is 0 Å². The van der Waals surface area contributed by atoms with Gasteiger partial charge in [-0.3, -0.25) is 9.59 Å². The van der Waals surface area contributed by atoms with Gasteiger partial charge in [-0.25, -0.2) is 0 Å². The first-order valence-electron chi connectivity index (χ1n) is 5.69. The van der Waals surface area contributed by atoms with Gasteiger partial charge in [0.05, 0.1) is 6.54 Å². The van der Waals surface area contributed by atoms with Crippen molar-refractivity contribution in [3.63, 3.8) is 0 Å². The fraction of sp³-hybridized carbons (Fsp3) is 0.385. The van der Waals surface area contributed by atoms with Gasteiger partial charge in [0, 0.05) is 12.1 Å². The molecule has 4 heteroatoms. The zero-order valence-corrected chi connectivity index (χ0v) is 10.2. The maximum atomic E-state index is 11.5. The van der Waals surface area contributed by atoms with E-state index in [1.807, 2.05) is 32.0 Å². The third kappa shape index (κ3) is 5.70. The molecule has 0 saturated carbocycles. The Morgan fingerprint density at radius 1 is 1.12 bits per heavy atom. The molecule has 0 aromatic heterocycles. The van der Waals surface area contributed by atoms with Crippen molar-refractivity contribution in [2.75, 3.05) is 11.9 Å². The summed E-state index contributed by atoms with van der Waals surface area (Å²) in [5, 5.41) is 5.28. The first-order chi connectivity index (χ1) is 8.08. The Morgan fingerprint density at radius 2 is 1.76 bits per heavy atom. The minimum atomic E-state index is -0.215. The van der Waals surface area contributed by atoms with Gasteiger partial charge in [0.2, 0.25) is 11.8 Å². The largest absolute Gasteiger partial charge is 0.347 e. The second-order valence-corrected chi connectivity index (χ2v) is 4.29. The summed E-state index contributed by atoms with van der Waals surface area (Å²) in [4.78, 5) is 22.8. The Bertz CT molecular complexity index is 374. The SMILES string of the molecule is CC(C)CC(=O)NCC(=O)Nc1ccccc1. The summed E-state index contributed by atoms with van der Waals surface area (Å²) in [5.74, 6) is -0.0105. The van der Waals surface area contributed by atoms with Gasteiger partial charge in [-0.15, -0.1) is 0 Å². The lowest BCUT2D eigenvalue weighted by molar-refractivity contribution is -0.124. The first kappa shape index (κ1) is 13.2. The third-order valence-corrected chi connectivity index (χ3v) is 2.10. The number of carbonyl (C=O) groups is 2. The zero-order valence-electron chi connectivity index (χ0n) is 10.2. The van der Waals surface area contributed by atoms with Gasteiger partial charge in [0.25, 0.3) is 0 Å². The van der Waals surface area contributed by atoms with Gasteiger partial charge in [-0.05, 0) is 18.1 Å². The van der Waals surface area contributed by atoms with Crippen molar-refractivity contribution < 1.29 is 9.59 Å². The van der Waals surface area contributed by atoms with Crippen LogP contribution in [0.25, 0.3) is 0 Å². The van der Waals surface area contributed by atoms with Crippen LogP contribution >= 0.6 is 0 Å². The van der Waals surface area contributed by atoms with Gasteiger partial charge >= 0.3 is 0 Å². The van der Waals surface area contributed by atoms with E-state index in [0.717, 1.165) is 5.69 Å². The van der Waals surface area contributed by atoms with E-state index in [1.54, 1.807) is 12.1 Å². The number of hydrogen-bond acceptors (Lipinski definition) is 2. The van der Waals surface area contributed by atoms with Crippen LogP contribution in [0.15, 0.2) is 30.3 Å². The van der Waals surface area contributed by atoms with Gasteiger partial charge in [-0.2, -0.15) is 0 Å². The van der Waals surface area contributed by atoms with Crippen LogP contribution in [0.3, 0.4) is 0 Å². The molecule has 1 rings (SSSR count). The molecule has 0 fully saturated rings. The minimum absolute atomic E-state index is 0.0143. The Kier molecular flexibility index (Phi) is 5.20. The number of hydrogen-bond donors (Lipinski definition) is 2. The minimum Gasteiger partial charge on any atom is -0.347 e. The Balaban J connectivity index is 2.29. The third-order valence-electron chi connectivity index (χ3n) is 2.10. The van der Waals surface area contributed by atoms with E-state index < -0.39 is 0 Å². The van der Waals surface area contributed by atoms with Crippen LogP contribution in [0.5, 0.6) is 0 Å². The average molecular weight is 234 g/mol. The molecule has 0 heterocycles. The summed E-state index contributed by atoms with van der Waals surface area (Å²) in [5.41, 5.74) is 0.732. The second-order valence-electron chi connectivity index (χ2n) is 4.29. The van der Waals surface area contributed by atoms with Crippen molar-refractivity contribution in [3.05, 3.63) is 30.3 Å². The highest BCUT2D eigenvalue weighted by Crippen LogP contribution is 2.04. The van der Waals surface area contributed by atoms with Crippen LogP contribution in [0.1, 0.15) is 20.3 Å². The first-order valence-corrected chi connectivity index (χ1v) is 5.69. The number of carbonyl (C=O) groups excluding carboxylic acids is 2. The van der Waals surface area contributed by atoms with Crippen molar-refractivity contribution in [2.24, 2.45) is 5.92 Å². The van der Waals surface area contributed by atoms with Crippen molar-refractivity contribution in [1.29, 1.82) is 0 Å². The Labute approximate surface area is 101 Å². The molecular formula is C13H18N2O2. The van der Waals surface area contributed by atoms with Gasteiger partial charge in [-0.1, -0.05) is 32.0 Å². The monoisotopic (exact) mass is 234 g/mol. The molecule has 0 radical (unpaired) electrons. The van der Waals surface area contributed by atoms with Gasteiger partial charge in [0.15, 0.2) is 0 Å². The number of rotatable bonds is 5. The smallest absolute Gasteiger partial charge is 0.243 e. The average Bonchev–Trinajstić information content (AvgIpc) is 2.27. The molecule has 0 spiro atoms. The molecule has 1 aromatic carbocycles. The van der Waals surface area contributed by atoms with Crippen molar-refractivity contribution in [1.82, 2.24) is 5.32 Å². The highest BCUT2D eigenvalue weighted by atomic mass is 16.2. The van der Waals surface area contributed by atoms with E-state index in [1.165, 1.54) is 0 Å². The fourth-order valence-electron chi connectivity index (χ4n) is 1.35. The summed E-state index contributed by atoms with van der Waals surface area (Å²) < 4.78 is 0. The van der Waals surface area contributed by atoms with Gasteiger partial charge < -0.3 is 10.6 Å². The summed E-state index contributed by atoms with van der Waals surface area (Å²) in [6, 6.07) is 9.15. The van der Waals surface area contributed by atoms with Gasteiger partial charge in [0.1, 0.15) is 0 Å². The summed E-state index contributed by atoms with van der Waals surface area (Å²) in [7, 11) is 0. The molecule has 0 aliphatic carbocycles. The van der Waals surface area contributed by atoms with E-state index in [2.05, 4.69) is 10.6 Å². The highest BCUT2D eigenvalue weighted by Gasteiger charge is 2.07. The lowest BCUT2D eigenvalue weighted by Gasteiger charge is -2.07. The maximum absolute atomic E-state index is 11.5. The lowest BCUT2D eigenvalue weighted by atomic mass is 10.1. The Hall–Kier alpha value is -1.84. The topological polar surface area (TPSA) is 58.2 Å². The molecule has 0 unspecified atom stereocenters. The quantitative estimate of drug-likeness (QED) is 0.816. The molecule has 0 aliphatic rings. The fourth-order valence-corrected chi connectivity index (χ4v) is 1.35. The van der Waals surface area contributed by atoms with E-state index in [0.29, 0.717) is 12.3 Å². The number of amides is 2. The molecular weight excluding hydrogens is 216 g/mol. The van der Waals surface area contributed by atoms with Crippen molar-refractivity contribution in [3.8, 4) is 0 Å². The summed E-state index contributed by atoms with van der Waals surface area (Å²) in [6.45, 7) is 3.94. The molecule has 0 aliphatic heterocycles. The van der Waals surface area contributed by atoms with E-state index >= 15 is 0 Å². The van der Waals surface area contributed by atoms with Crippen LogP contribution in [-0.4, -0.2) is 18.4 Å². The molecule has 2 N–H and O–H groups in total. The number of anilines is 1. The molecule has 4 nitrogen and oxygen atoms in total.